The van der Waals surface area contributed by atoms with E-state index in [-0.39, 0.29) is 11.8 Å². The van der Waals surface area contributed by atoms with Crippen molar-refractivity contribution in [1.82, 2.24) is 4.98 Å². The molecule has 0 unspecified atom stereocenters. The van der Waals surface area contributed by atoms with Gasteiger partial charge in [0.05, 0.1) is 16.3 Å². The number of amides is 1. The number of carbonyl (C=O) groups is 1. The molecule has 0 bridgehead atoms. The van der Waals surface area contributed by atoms with Crippen molar-refractivity contribution >= 4 is 44.9 Å². The number of benzene rings is 1. The second-order valence-corrected chi connectivity index (χ2v) is 6.71. The van der Waals surface area contributed by atoms with Gasteiger partial charge in [0.1, 0.15) is 0 Å². The van der Waals surface area contributed by atoms with Crippen LogP contribution in [0.25, 0.3) is 10.2 Å². The van der Waals surface area contributed by atoms with Crippen molar-refractivity contribution < 1.29 is 4.79 Å². The van der Waals surface area contributed by atoms with Crippen LogP contribution in [0.3, 0.4) is 0 Å². The van der Waals surface area contributed by atoms with Gasteiger partial charge in [0.15, 0.2) is 4.34 Å². The molecule has 0 saturated carbocycles. The van der Waals surface area contributed by atoms with E-state index < -0.39 is 6.04 Å². The van der Waals surface area contributed by atoms with Gasteiger partial charge in [-0.1, -0.05) is 25.6 Å². The quantitative estimate of drug-likeness (QED) is 0.851. The largest absolute Gasteiger partial charge is 0.325 e. The van der Waals surface area contributed by atoms with E-state index in [0.29, 0.717) is 0 Å². The molecule has 6 heteroatoms. The number of nitrogens with two attached hydrogens (primary N) is 1. The van der Waals surface area contributed by atoms with Gasteiger partial charge in [-0.05, 0) is 30.4 Å². The van der Waals surface area contributed by atoms with Gasteiger partial charge in [-0.3, -0.25) is 4.79 Å². The lowest BCUT2D eigenvalue weighted by Gasteiger charge is -2.15. The Morgan fingerprint density at radius 2 is 2.21 bits per heavy atom. The normalized spacial score (nSPS) is 12.9. The number of thiazole rings is 1. The summed E-state index contributed by atoms with van der Waals surface area (Å²) in [6, 6.07) is 5.23. The van der Waals surface area contributed by atoms with Gasteiger partial charge < -0.3 is 11.1 Å². The third kappa shape index (κ3) is 3.26. The Balaban J connectivity index is 2.19. The molecule has 1 aromatic carbocycles. The van der Waals surface area contributed by atoms with E-state index in [1.807, 2.05) is 38.3 Å². The number of hydrogen-bond donors (Lipinski definition) is 2. The first kappa shape index (κ1) is 14.3. The highest BCUT2D eigenvalue weighted by molar-refractivity contribution is 8.00. The van der Waals surface area contributed by atoms with Crippen molar-refractivity contribution in [2.24, 2.45) is 11.7 Å². The summed E-state index contributed by atoms with van der Waals surface area (Å²) in [5, 5.41) is 2.85. The second-order valence-electron chi connectivity index (χ2n) is 4.63. The highest BCUT2D eigenvalue weighted by Crippen LogP contribution is 2.29. The third-order valence-electron chi connectivity index (χ3n) is 2.83. The SMILES string of the molecule is CSc1nc2ccc(NC(=O)[C@H](N)C(C)C)cc2s1. The predicted molar refractivity (Wildman–Crippen MR) is 82.8 cm³/mol. The summed E-state index contributed by atoms with van der Waals surface area (Å²) in [4.78, 5) is 16.4. The molecule has 1 atom stereocenters. The lowest BCUT2D eigenvalue weighted by atomic mass is 10.1. The van der Waals surface area contributed by atoms with Gasteiger partial charge in [0.25, 0.3) is 0 Å². The first-order valence-electron chi connectivity index (χ1n) is 6.02. The summed E-state index contributed by atoms with van der Waals surface area (Å²) in [5.41, 5.74) is 7.55. The number of hydrogen-bond acceptors (Lipinski definition) is 5. The zero-order chi connectivity index (χ0) is 14.0. The van der Waals surface area contributed by atoms with Crippen molar-refractivity contribution in [2.45, 2.75) is 24.2 Å². The fraction of sp³-hybridized carbons (Fsp3) is 0.385. The molecule has 0 saturated heterocycles. The van der Waals surface area contributed by atoms with Gasteiger partial charge in [-0.25, -0.2) is 4.98 Å². The molecule has 1 aromatic heterocycles. The van der Waals surface area contributed by atoms with Crippen molar-refractivity contribution in [3.05, 3.63) is 18.2 Å². The maximum Gasteiger partial charge on any atom is 0.241 e. The van der Waals surface area contributed by atoms with Crippen molar-refractivity contribution in [3.8, 4) is 0 Å². The number of aromatic nitrogens is 1. The number of thioether (sulfide) groups is 1. The Bertz CT molecular complexity index is 595. The fourth-order valence-electron chi connectivity index (χ4n) is 1.60. The fourth-order valence-corrected chi connectivity index (χ4v) is 3.13. The topological polar surface area (TPSA) is 68.0 Å². The van der Waals surface area contributed by atoms with Crippen LogP contribution in [0.15, 0.2) is 22.5 Å². The number of nitrogens with zero attached hydrogens (tertiary/aromatic N) is 1. The number of nitrogens with one attached hydrogen (secondary N) is 1. The van der Waals surface area contributed by atoms with Crippen LogP contribution in [0, 0.1) is 5.92 Å². The van der Waals surface area contributed by atoms with Crippen LogP contribution in [0.4, 0.5) is 5.69 Å². The van der Waals surface area contributed by atoms with Gasteiger partial charge in [0.2, 0.25) is 5.91 Å². The molecule has 1 amide bonds. The van der Waals surface area contributed by atoms with Crippen LogP contribution < -0.4 is 11.1 Å². The van der Waals surface area contributed by atoms with Gasteiger partial charge in [-0.15, -0.1) is 11.3 Å². The Morgan fingerprint density at radius 3 is 2.84 bits per heavy atom. The van der Waals surface area contributed by atoms with Crippen LogP contribution in [0.2, 0.25) is 0 Å². The van der Waals surface area contributed by atoms with Crippen LogP contribution in [-0.2, 0) is 4.79 Å². The second kappa shape index (κ2) is 5.90. The van der Waals surface area contributed by atoms with E-state index in [4.69, 9.17) is 5.73 Å². The summed E-state index contributed by atoms with van der Waals surface area (Å²) in [6.07, 6.45) is 2.00. The maximum atomic E-state index is 11.9. The molecule has 0 aliphatic carbocycles. The predicted octanol–water partition coefficient (Wildman–Crippen LogP) is 2.94. The lowest BCUT2D eigenvalue weighted by Crippen LogP contribution is -2.39. The molecule has 19 heavy (non-hydrogen) atoms. The molecule has 4 nitrogen and oxygen atoms in total. The van der Waals surface area contributed by atoms with Crippen molar-refractivity contribution in [3.63, 3.8) is 0 Å². The molecule has 0 aliphatic heterocycles. The lowest BCUT2D eigenvalue weighted by molar-refractivity contribution is -0.118. The maximum absolute atomic E-state index is 11.9. The van der Waals surface area contributed by atoms with Crippen LogP contribution in [0.5, 0.6) is 0 Å². The number of fused-ring (bicyclic) bond motifs is 1. The highest BCUT2D eigenvalue weighted by Gasteiger charge is 2.17. The van der Waals surface area contributed by atoms with E-state index in [1.54, 1.807) is 23.1 Å². The Labute approximate surface area is 120 Å². The van der Waals surface area contributed by atoms with E-state index in [2.05, 4.69) is 10.3 Å². The zero-order valence-electron chi connectivity index (χ0n) is 11.1. The van der Waals surface area contributed by atoms with Crippen LogP contribution >= 0.6 is 23.1 Å². The molecule has 102 valence electrons. The minimum absolute atomic E-state index is 0.121. The van der Waals surface area contributed by atoms with Crippen molar-refractivity contribution in [1.29, 1.82) is 0 Å². The molecule has 3 N–H and O–H groups in total. The van der Waals surface area contributed by atoms with E-state index in [1.165, 1.54) is 0 Å². The summed E-state index contributed by atoms with van der Waals surface area (Å²) in [5.74, 6) is -0.0285. The molecule has 0 spiro atoms. The first-order chi connectivity index (χ1) is 9.01. The summed E-state index contributed by atoms with van der Waals surface area (Å²) < 4.78 is 2.10. The van der Waals surface area contributed by atoms with Crippen LogP contribution in [0.1, 0.15) is 13.8 Å². The molecule has 1 heterocycles. The average Bonchev–Trinajstić information content (AvgIpc) is 2.79. The third-order valence-corrected chi connectivity index (χ3v) is 4.84. The van der Waals surface area contributed by atoms with Crippen LogP contribution in [-0.4, -0.2) is 23.2 Å². The summed E-state index contributed by atoms with van der Waals surface area (Å²) >= 11 is 3.25. The van der Waals surface area contributed by atoms with E-state index in [9.17, 15) is 4.79 Å². The first-order valence-corrected chi connectivity index (χ1v) is 8.06. The molecule has 0 fully saturated rings. The minimum Gasteiger partial charge on any atom is -0.325 e. The molecule has 2 aromatic rings. The van der Waals surface area contributed by atoms with Gasteiger partial charge in [0, 0.05) is 5.69 Å². The number of carbonyl (C=O) groups excluding carboxylic acids is 1. The van der Waals surface area contributed by atoms with Crippen molar-refractivity contribution in [2.75, 3.05) is 11.6 Å². The Hall–Kier alpha value is -1.11. The minimum atomic E-state index is -0.487. The van der Waals surface area contributed by atoms with Gasteiger partial charge in [-0.2, -0.15) is 0 Å². The molecule has 0 radical (unpaired) electrons. The molecule has 2 rings (SSSR count). The Morgan fingerprint density at radius 1 is 1.47 bits per heavy atom. The summed E-state index contributed by atoms with van der Waals surface area (Å²) in [6.45, 7) is 3.86. The molecular formula is C13H17N3OS2. The molecular weight excluding hydrogens is 278 g/mol. The number of anilines is 1. The average molecular weight is 295 g/mol. The summed E-state index contributed by atoms with van der Waals surface area (Å²) in [7, 11) is 0. The monoisotopic (exact) mass is 295 g/mol. The Kier molecular flexibility index (Phi) is 4.44. The number of rotatable bonds is 4. The van der Waals surface area contributed by atoms with E-state index >= 15 is 0 Å². The highest BCUT2D eigenvalue weighted by atomic mass is 32.2. The van der Waals surface area contributed by atoms with Gasteiger partial charge >= 0.3 is 0 Å². The zero-order valence-corrected chi connectivity index (χ0v) is 12.8. The molecule has 0 aliphatic rings. The smallest absolute Gasteiger partial charge is 0.241 e. The van der Waals surface area contributed by atoms with E-state index in [0.717, 1.165) is 20.2 Å². The standard InChI is InChI=1S/C13H17N3OS2/c1-7(2)11(14)12(17)15-8-4-5-9-10(6-8)19-13(16-9)18-3/h4-7,11H,14H2,1-3H3,(H,15,17)/t11-/m1/s1.